The highest BCUT2D eigenvalue weighted by atomic mass is 16.2. The van der Waals surface area contributed by atoms with E-state index < -0.39 is 11.8 Å². The zero-order chi connectivity index (χ0) is 14.5. The third kappa shape index (κ3) is 2.76. The summed E-state index contributed by atoms with van der Waals surface area (Å²) in [5, 5.41) is 11.2. The molecular formula is C13H9N5O2. The molecule has 0 aliphatic carbocycles. The van der Waals surface area contributed by atoms with Crippen molar-refractivity contribution in [1.82, 2.24) is 9.97 Å². The van der Waals surface area contributed by atoms with Gasteiger partial charge in [-0.3, -0.25) is 9.59 Å². The van der Waals surface area contributed by atoms with Gasteiger partial charge in [0, 0.05) is 18.1 Å². The molecule has 0 unspecified atom stereocenters. The molecule has 1 heterocycles. The van der Waals surface area contributed by atoms with Crippen molar-refractivity contribution in [3.8, 4) is 6.07 Å². The lowest BCUT2D eigenvalue weighted by atomic mass is 10.2. The number of nitrogens with two attached hydrogens (primary N) is 1. The van der Waals surface area contributed by atoms with Gasteiger partial charge >= 0.3 is 0 Å². The molecule has 0 fully saturated rings. The van der Waals surface area contributed by atoms with Gasteiger partial charge in [-0.05, 0) is 24.3 Å². The molecule has 7 nitrogen and oxygen atoms in total. The Balaban J connectivity index is 2.24. The zero-order valence-electron chi connectivity index (χ0n) is 10.2. The number of carbonyl (C=O) groups excluding carboxylic acids is 2. The van der Waals surface area contributed by atoms with Gasteiger partial charge in [0.2, 0.25) is 0 Å². The van der Waals surface area contributed by atoms with Crippen LogP contribution in [0.25, 0.3) is 0 Å². The highest BCUT2D eigenvalue weighted by Crippen LogP contribution is 2.11. The van der Waals surface area contributed by atoms with E-state index in [2.05, 4.69) is 15.3 Å². The first-order chi connectivity index (χ1) is 9.61. The quantitative estimate of drug-likeness (QED) is 0.847. The topological polar surface area (TPSA) is 122 Å². The van der Waals surface area contributed by atoms with Crippen molar-refractivity contribution in [3.05, 3.63) is 53.6 Å². The maximum Gasteiger partial charge on any atom is 0.276 e. The van der Waals surface area contributed by atoms with Gasteiger partial charge in [-0.1, -0.05) is 0 Å². The number of benzene rings is 1. The number of hydrogen-bond acceptors (Lipinski definition) is 5. The van der Waals surface area contributed by atoms with E-state index >= 15 is 0 Å². The van der Waals surface area contributed by atoms with E-state index in [0.29, 0.717) is 11.3 Å². The molecule has 0 radical (unpaired) electrons. The van der Waals surface area contributed by atoms with Crippen LogP contribution in [0, 0.1) is 11.3 Å². The molecule has 0 atom stereocenters. The van der Waals surface area contributed by atoms with Crippen LogP contribution in [-0.2, 0) is 0 Å². The Bertz CT molecular complexity index is 703. The Kier molecular flexibility index (Phi) is 3.67. The Morgan fingerprint density at radius 3 is 2.25 bits per heavy atom. The summed E-state index contributed by atoms with van der Waals surface area (Å²) in [6, 6.07) is 8.21. The summed E-state index contributed by atoms with van der Waals surface area (Å²) in [5.41, 5.74) is 5.72. The summed E-state index contributed by atoms with van der Waals surface area (Å²) in [5.74, 6) is -1.43. The predicted octanol–water partition coefficient (Wildman–Crippen LogP) is 0.699. The number of aromatic nitrogens is 2. The maximum atomic E-state index is 12.0. The molecule has 2 aromatic rings. The van der Waals surface area contributed by atoms with Gasteiger partial charge in [0.15, 0.2) is 11.4 Å². The first-order valence-electron chi connectivity index (χ1n) is 5.54. The number of primary amides is 1. The Hall–Kier alpha value is -3.27. The lowest BCUT2D eigenvalue weighted by Gasteiger charge is -2.06. The van der Waals surface area contributed by atoms with Crippen LogP contribution in [0.15, 0.2) is 36.7 Å². The third-order valence-corrected chi connectivity index (χ3v) is 2.42. The molecule has 1 aromatic heterocycles. The van der Waals surface area contributed by atoms with Crippen LogP contribution in [0.4, 0.5) is 5.69 Å². The Morgan fingerprint density at radius 1 is 1.10 bits per heavy atom. The molecule has 0 spiro atoms. The van der Waals surface area contributed by atoms with Gasteiger partial charge in [-0.15, -0.1) is 0 Å². The normalized spacial score (nSPS) is 9.55. The minimum atomic E-state index is -0.830. The average molecular weight is 267 g/mol. The summed E-state index contributed by atoms with van der Waals surface area (Å²) in [6.45, 7) is 0. The average Bonchev–Trinajstić information content (AvgIpc) is 2.48. The first-order valence-corrected chi connectivity index (χ1v) is 5.54. The van der Waals surface area contributed by atoms with E-state index in [4.69, 9.17) is 11.0 Å². The van der Waals surface area contributed by atoms with E-state index in [0.717, 1.165) is 0 Å². The number of carbonyl (C=O) groups is 2. The van der Waals surface area contributed by atoms with E-state index in [1.807, 2.05) is 6.07 Å². The van der Waals surface area contributed by atoms with Crippen molar-refractivity contribution in [2.45, 2.75) is 0 Å². The number of nitrogens with zero attached hydrogens (tertiary/aromatic N) is 3. The van der Waals surface area contributed by atoms with Crippen LogP contribution < -0.4 is 11.1 Å². The highest BCUT2D eigenvalue weighted by molar-refractivity contribution is 6.09. The molecule has 0 saturated carbocycles. The number of nitrogens with one attached hydrogen (secondary N) is 1. The first kappa shape index (κ1) is 13.2. The van der Waals surface area contributed by atoms with Crippen LogP contribution >= 0.6 is 0 Å². The van der Waals surface area contributed by atoms with Crippen LogP contribution in [0.5, 0.6) is 0 Å². The Labute approximate surface area is 114 Å². The molecule has 0 bridgehead atoms. The molecule has 0 aliphatic heterocycles. The van der Waals surface area contributed by atoms with Crippen molar-refractivity contribution in [2.24, 2.45) is 5.73 Å². The van der Waals surface area contributed by atoms with E-state index in [-0.39, 0.29) is 11.4 Å². The van der Waals surface area contributed by atoms with Crippen LogP contribution in [0.1, 0.15) is 26.5 Å². The third-order valence-electron chi connectivity index (χ3n) is 2.42. The van der Waals surface area contributed by atoms with Gasteiger partial charge < -0.3 is 11.1 Å². The molecule has 2 rings (SSSR count). The molecule has 0 aliphatic rings. The summed E-state index contributed by atoms with van der Waals surface area (Å²) < 4.78 is 0. The van der Waals surface area contributed by atoms with E-state index in [9.17, 15) is 9.59 Å². The van der Waals surface area contributed by atoms with Gasteiger partial charge in [0.05, 0.1) is 11.6 Å². The van der Waals surface area contributed by atoms with Crippen molar-refractivity contribution in [2.75, 3.05) is 5.32 Å². The fraction of sp³-hybridized carbons (Fsp3) is 0. The molecular weight excluding hydrogens is 258 g/mol. The number of rotatable bonds is 3. The van der Waals surface area contributed by atoms with Gasteiger partial charge in [0.1, 0.15) is 0 Å². The fourth-order valence-corrected chi connectivity index (χ4v) is 1.50. The fourth-order valence-electron chi connectivity index (χ4n) is 1.50. The summed E-state index contributed by atoms with van der Waals surface area (Å²) in [4.78, 5) is 30.7. The second-order valence-corrected chi connectivity index (χ2v) is 3.76. The van der Waals surface area contributed by atoms with Gasteiger partial charge in [0.25, 0.3) is 11.8 Å². The van der Waals surface area contributed by atoms with E-state index in [1.165, 1.54) is 12.4 Å². The summed E-state index contributed by atoms with van der Waals surface area (Å²) in [7, 11) is 0. The van der Waals surface area contributed by atoms with Crippen molar-refractivity contribution < 1.29 is 9.59 Å². The van der Waals surface area contributed by atoms with Gasteiger partial charge in [-0.2, -0.15) is 5.26 Å². The monoisotopic (exact) mass is 267 g/mol. The van der Waals surface area contributed by atoms with Gasteiger partial charge in [-0.25, -0.2) is 9.97 Å². The van der Waals surface area contributed by atoms with E-state index in [1.54, 1.807) is 24.3 Å². The standard InChI is InChI=1S/C13H9N5O2/c14-7-8-1-3-9(4-2-8)18-13(20)11-10(12(15)19)16-5-6-17-11/h1-6H,(H2,15,19)(H,18,20). The summed E-state index contributed by atoms with van der Waals surface area (Å²) in [6.07, 6.45) is 2.57. The van der Waals surface area contributed by atoms with Crippen LogP contribution in [-0.4, -0.2) is 21.8 Å². The molecule has 1 aromatic carbocycles. The number of nitriles is 1. The number of anilines is 1. The van der Waals surface area contributed by atoms with Crippen LogP contribution in [0.3, 0.4) is 0 Å². The number of amides is 2. The number of hydrogen-bond donors (Lipinski definition) is 2. The molecule has 20 heavy (non-hydrogen) atoms. The smallest absolute Gasteiger partial charge is 0.276 e. The molecule has 0 saturated heterocycles. The maximum absolute atomic E-state index is 12.0. The van der Waals surface area contributed by atoms with Crippen molar-refractivity contribution in [3.63, 3.8) is 0 Å². The highest BCUT2D eigenvalue weighted by Gasteiger charge is 2.17. The minimum absolute atomic E-state index is 0.149. The molecule has 7 heteroatoms. The predicted molar refractivity (Wildman–Crippen MR) is 69.7 cm³/mol. The lowest BCUT2D eigenvalue weighted by molar-refractivity contribution is 0.0969. The Morgan fingerprint density at radius 2 is 1.70 bits per heavy atom. The molecule has 3 N–H and O–H groups in total. The van der Waals surface area contributed by atoms with Crippen molar-refractivity contribution in [1.29, 1.82) is 5.26 Å². The minimum Gasteiger partial charge on any atom is -0.364 e. The summed E-state index contributed by atoms with van der Waals surface area (Å²) >= 11 is 0. The molecule has 2 amide bonds. The zero-order valence-corrected chi connectivity index (χ0v) is 10.2. The second kappa shape index (κ2) is 5.58. The van der Waals surface area contributed by atoms with Crippen LogP contribution in [0.2, 0.25) is 0 Å². The largest absolute Gasteiger partial charge is 0.364 e. The van der Waals surface area contributed by atoms with Crippen molar-refractivity contribution >= 4 is 17.5 Å². The lowest BCUT2D eigenvalue weighted by Crippen LogP contribution is -2.23. The molecule has 98 valence electrons. The SMILES string of the molecule is N#Cc1ccc(NC(=O)c2nccnc2C(N)=O)cc1. The second-order valence-electron chi connectivity index (χ2n) is 3.76.